The molecule has 0 unspecified atom stereocenters. The first kappa shape index (κ1) is 35.7. The highest BCUT2D eigenvalue weighted by Crippen LogP contribution is 2.21. The molecule has 240 valence electrons. The van der Waals surface area contributed by atoms with Crippen molar-refractivity contribution in [1.82, 2.24) is 10.6 Å². The number of hydrogen-bond donors (Lipinski definition) is 10. The van der Waals surface area contributed by atoms with E-state index >= 15 is 0 Å². The Kier molecular flexibility index (Phi) is 16.5. The number of carbonyl (C=O) groups is 2. The minimum absolute atomic E-state index is 0.231. The van der Waals surface area contributed by atoms with Crippen LogP contribution >= 0.6 is 0 Å². The summed E-state index contributed by atoms with van der Waals surface area (Å²) < 4.78 is 10.1. The second-order valence-corrected chi connectivity index (χ2v) is 11.0. The van der Waals surface area contributed by atoms with Gasteiger partial charge in [0.15, 0.2) is 12.6 Å². The molecule has 41 heavy (non-hydrogen) atoms. The molecule has 14 nitrogen and oxygen atoms in total. The molecule has 2 aliphatic rings. The lowest BCUT2D eigenvalue weighted by Gasteiger charge is -2.40. The standard InChI is InChI=1S/C27H50N2O12/c30-14-16-22(34)24(36)20(26(38)40-16)28-18(32)12-10-8-6-4-2-1-3-5-7-9-11-13-19(33)29-21-25(37)23(35)17(15-31)41-27(21)39/h16-17,20-27,30-31,34-39H,1-15H2,(H,28,32)(H,29,33)/t16-,17-,20-,21-,22-,23-,24-,25-,26+,27+/m1/s1. The largest absolute Gasteiger partial charge is 0.394 e. The Labute approximate surface area is 240 Å². The lowest BCUT2D eigenvalue weighted by molar-refractivity contribution is -0.253. The van der Waals surface area contributed by atoms with E-state index in [9.17, 15) is 40.2 Å². The van der Waals surface area contributed by atoms with Crippen molar-refractivity contribution in [2.24, 2.45) is 0 Å². The first-order chi connectivity index (χ1) is 19.6. The first-order valence-corrected chi connectivity index (χ1v) is 14.8. The highest BCUT2D eigenvalue weighted by molar-refractivity contribution is 5.76. The van der Waals surface area contributed by atoms with Crippen molar-refractivity contribution in [3.8, 4) is 0 Å². The number of aliphatic hydroxyl groups excluding tert-OH is 8. The monoisotopic (exact) mass is 594 g/mol. The average Bonchev–Trinajstić information content (AvgIpc) is 2.95. The zero-order valence-electron chi connectivity index (χ0n) is 23.6. The van der Waals surface area contributed by atoms with E-state index in [-0.39, 0.29) is 24.7 Å². The maximum absolute atomic E-state index is 12.1. The van der Waals surface area contributed by atoms with Crippen molar-refractivity contribution in [2.75, 3.05) is 13.2 Å². The Morgan fingerprint density at radius 2 is 0.780 bits per heavy atom. The zero-order chi connectivity index (χ0) is 30.4. The number of rotatable bonds is 18. The summed E-state index contributed by atoms with van der Waals surface area (Å²) in [5, 5.41) is 83.0. The van der Waals surface area contributed by atoms with Gasteiger partial charge in [0.25, 0.3) is 0 Å². The van der Waals surface area contributed by atoms with Crippen LogP contribution in [0.15, 0.2) is 0 Å². The van der Waals surface area contributed by atoms with Gasteiger partial charge in [-0.1, -0.05) is 57.8 Å². The summed E-state index contributed by atoms with van der Waals surface area (Å²) >= 11 is 0. The van der Waals surface area contributed by atoms with Crippen molar-refractivity contribution in [3.63, 3.8) is 0 Å². The van der Waals surface area contributed by atoms with Crippen molar-refractivity contribution in [3.05, 3.63) is 0 Å². The van der Waals surface area contributed by atoms with E-state index in [2.05, 4.69) is 10.6 Å². The molecular weight excluding hydrogens is 544 g/mol. The zero-order valence-corrected chi connectivity index (χ0v) is 23.6. The summed E-state index contributed by atoms with van der Waals surface area (Å²) in [6.45, 7) is -1.12. The van der Waals surface area contributed by atoms with Crippen LogP contribution in [0, 0.1) is 0 Å². The second kappa shape index (κ2) is 18.9. The molecule has 0 aromatic heterocycles. The number of carbonyl (C=O) groups excluding carboxylic acids is 2. The van der Waals surface area contributed by atoms with Crippen LogP contribution in [0.25, 0.3) is 0 Å². The number of aliphatic hydroxyl groups is 8. The maximum Gasteiger partial charge on any atom is 0.220 e. The van der Waals surface area contributed by atoms with Gasteiger partial charge in [-0.25, -0.2) is 0 Å². The Morgan fingerprint density at radius 1 is 0.488 bits per heavy atom. The number of amides is 2. The molecule has 0 spiro atoms. The molecule has 2 aliphatic heterocycles. The molecule has 0 aliphatic carbocycles. The minimum Gasteiger partial charge on any atom is -0.394 e. The third-order valence-corrected chi connectivity index (χ3v) is 7.76. The van der Waals surface area contributed by atoms with E-state index in [0.717, 1.165) is 57.8 Å². The van der Waals surface area contributed by atoms with Gasteiger partial charge in [0.2, 0.25) is 11.8 Å². The predicted molar refractivity (Wildman–Crippen MR) is 144 cm³/mol. The van der Waals surface area contributed by atoms with E-state index in [1.165, 1.54) is 0 Å². The molecule has 2 heterocycles. The topological polar surface area (TPSA) is 238 Å². The van der Waals surface area contributed by atoms with Crippen molar-refractivity contribution < 1.29 is 59.9 Å². The van der Waals surface area contributed by atoms with Crippen LogP contribution in [-0.4, -0.2) is 127 Å². The van der Waals surface area contributed by atoms with Crippen LogP contribution in [0.5, 0.6) is 0 Å². The normalized spacial score (nSPS) is 33.9. The number of ether oxygens (including phenoxy) is 2. The third kappa shape index (κ3) is 11.6. The summed E-state index contributed by atoms with van der Waals surface area (Å²) in [6.07, 6.45) is -0.0366. The Balaban J connectivity index is 1.41. The van der Waals surface area contributed by atoms with Gasteiger partial charge < -0.3 is 61.0 Å². The lowest BCUT2D eigenvalue weighted by Crippen LogP contribution is -2.64. The van der Waals surface area contributed by atoms with Crippen LogP contribution in [-0.2, 0) is 19.1 Å². The molecule has 10 atom stereocenters. The number of nitrogens with one attached hydrogen (secondary N) is 2. The van der Waals surface area contributed by atoms with E-state index in [1.54, 1.807) is 0 Å². The van der Waals surface area contributed by atoms with E-state index in [0.29, 0.717) is 12.8 Å². The maximum atomic E-state index is 12.1. The Bertz CT molecular complexity index is 702. The SMILES string of the molecule is O=C(CCCCCCCCCCCCCC(=O)N[C@@H]1[C@@H](O)[C@H](O)[C@@H](CO)O[C@@H]1O)N[C@@H]1[C@@H](O)[C@H](O)[C@@H](CO)O[C@@H]1O. The van der Waals surface area contributed by atoms with Crippen LogP contribution < -0.4 is 10.6 Å². The Morgan fingerprint density at radius 3 is 1.07 bits per heavy atom. The molecule has 2 amide bonds. The molecule has 2 saturated heterocycles. The number of unbranched alkanes of at least 4 members (excludes halogenated alkanes) is 10. The van der Waals surface area contributed by atoms with Crippen LogP contribution in [0.4, 0.5) is 0 Å². The minimum atomic E-state index is -1.52. The molecule has 0 saturated carbocycles. The van der Waals surface area contributed by atoms with Gasteiger partial charge in [-0.3, -0.25) is 9.59 Å². The molecule has 0 bridgehead atoms. The highest BCUT2D eigenvalue weighted by atomic mass is 16.6. The van der Waals surface area contributed by atoms with Gasteiger partial charge in [-0.2, -0.15) is 0 Å². The molecule has 2 rings (SSSR count). The van der Waals surface area contributed by atoms with Gasteiger partial charge >= 0.3 is 0 Å². The quantitative estimate of drug-likeness (QED) is 0.0767. The molecule has 10 N–H and O–H groups in total. The summed E-state index contributed by atoms with van der Waals surface area (Å²) in [4.78, 5) is 24.3. The van der Waals surface area contributed by atoms with Gasteiger partial charge in [0.1, 0.15) is 48.7 Å². The summed E-state index contributed by atoms with van der Waals surface area (Å²) in [5.74, 6) is -0.700. The molecule has 0 radical (unpaired) electrons. The van der Waals surface area contributed by atoms with Crippen LogP contribution in [0.1, 0.15) is 83.5 Å². The highest BCUT2D eigenvalue weighted by Gasteiger charge is 2.45. The van der Waals surface area contributed by atoms with Crippen molar-refractivity contribution in [2.45, 2.75) is 145 Å². The van der Waals surface area contributed by atoms with Gasteiger partial charge in [-0.05, 0) is 12.8 Å². The molecule has 2 fully saturated rings. The summed E-state index contributed by atoms with van der Waals surface area (Å²) in [6, 6.07) is -2.32. The first-order valence-electron chi connectivity index (χ1n) is 14.8. The van der Waals surface area contributed by atoms with E-state index in [4.69, 9.17) is 19.7 Å². The van der Waals surface area contributed by atoms with E-state index < -0.39 is 74.5 Å². The van der Waals surface area contributed by atoms with Crippen molar-refractivity contribution >= 4 is 11.8 Å². The molecule has 14 heteroatoms. The average molecular weight is 595 g/mol. The fourth-order valence-corrected chi connectivity index (χ4v) is 5.18. The summed E-state index contributed by atoms with van der Waals surface area (Å²) in [5.41, 5.74) is 0. The molecule has 0 aromatic rings. The summed E-state index contributed by atoms with van der Waals surface area (Å²) in [7, 11) is 0. The van der Waals surface area contributed by atoms with Gasteiger partial charge in [0, 0.05) is 12.8 Å². The van der Waals surface area contributed by atoms with Gasteiger partial charge in [-0.15, -0.1) is 0 Å². The predicted octanol–water partition coefficient (Wildman–Crippen LogP) is -2.11. The van der Waals surface area contributed by atoms with E-state index in [1.807, 2.05) is 0 Å². The second-order valence-electron chi connectivity index (χ2n) is 11.0. The van der Waals surface area contributed by atoms with Crippen LogP contribution in [0.2, 0.25) is 0 Å². The smallest absolute Gasteiger partial charge is 0.220 e. The van der Waals surface area contributed by atoms with Gasteiger partial charge in [0.05, 0.1) is 13.2 Å². The lowest BCUT2D eigenvalue weighted by atomic mass is 9.97. The fraction of sp³-hybridized carbons (Fsp3) is 0.926. The van der Waals surface area contributed by atoms with Crippen molar-refractivity contribution in [1.29, 1.82) is 0 Å². The molecule has 0 aromatic carbocycles. The molecular formula is C27H50N2O12. The number of hydrogen-bond acceptors (Lipinski definition) is 12. The van der Waals surface area contributed by atoms with Crippen LogP contribution in [0.3, 0.4) is 0 Å². The Hall–Kier alpha value is -1.46. The fourth-order valence-electron chi connectivity index (χ4n) is 5.18. The third-order valence-electron chi connectivity index (χ3n) is 7.76.